The first-order valence-corrected chi connectivity index (χ1v) is 4.56. The van der Waals surface area contributed by atoms with Crippen molar-refractivity contribution in [2.24, 2.45) is 0 Å². The topological polar surface area (TPSA) is 39.9 Å². The Morgan fingerprint density at radius 1 is 1.31 bits per heavy atom. The number of alkyl halides is 2. The lowest BCUT2D eigenvalue weighted by Crippen LogP contribution is -1.98. The van der Waals surface area contributed by atoms with Crippen LogP contribution in [0.4, 0.5) is 8.78 Å². The molecule has 0 aliphatic heterocycles. The third kappa shape index (κ3) is 1.86. The molecule has 0 aliphatic carbocycles. The van der Waals surface area contributed by atoms with E-state index in [1.165, 1.54) is 18.0 Å². The third-order valence-electron chi connectivity index (χ3n) is 2.07. The van der Waals surface area contributed by atoms with Gasteiger partial charge in [-0.05, 0) is 12.1 Å². The zero-order chi connectivity index (χ0) is 11.5. The monoisotopic (exact) mass is 225 g/mol. The maximum atomic E-state index is 12.3. The first-order chi connectivity index (χ1) is 7.72. The molecule has 0 saturated heterocycles. The highest BCUT2D eigenvalue weighted by Gasteiger charge is 2.13. The fourth-order valence-corrected chi connectivity index (χ4v) is 1.31. The molecule has 1 aromatic heterocycles. The maximum Gasteiger partial charge on any atom is 0.283 e. The van der Waals surface area contributed by atoms with Crippen LogP contribution in [0.25, 0.3) is 5.69 Å². The summed E-state index contributed by atoms with van der Waals surface area (Å²) in [7, 11) is 1.50. The molecule has 0 radical (unpaired) electrons. The standard InChI is InChI=1S/C10H9F2N3O/c1-16-9-5-3-2-4-8(9)15-6-7(10(11)12)13-14-15/h2-6,10H,1H3. The molecular weight excluding hydrogens is 216 g/mol. The van der Waals surface area contributed by atoms with Crippen LogP contribution in [0.5, 0.6) is 5.75 Å². The van der Waals surface area contributed by atoms with Gasteiger partial charge in [0.25, 0.3) is 6.43 Å². The predicted molar refractivity (Wildman–Crippen MR) is 52.9 cm³/mol. The Kier molecular flexibility index (Phi) is 2.80. The summed E-state index contributed by atoms with van der Waals surface area (Å²) in [5, 5.41) is 7.00. The number of hydrogen-bond donors (Lipinski definition) is 0. The van der Waals surface area contributed by atoms with Crippen molar-refractivity contribution >= 4 is 0 Å². The van der Waals surface area contributed by atoms with E-state index in [0.717, 1.165) is 0 Å². The van der Waals surface area contributed by atoms with Gasteiger partial charge in [0.2, 0.25) is 0 Å². The van der Waals surface area contributed by atoms with Gasteiger partial charge in [0, 0.05) is 0 Å². The molecule has 0 aliphatic rings. The first kappa shape index (κ1) is 10.5. The molecule has 0 amide bonds. The van der Waals surface area contributed by atoms with Gasteiger partial charge in [-0.2, -0.15) is 0 Å². The van der Waals surface area contributed by atoms with Crippen LogP contribution < -0.4 is 4.74 Å². The van der Waals surface area contributed by atoms with Crippen molar-refractivity contribution in [1.29, 1.82) is 0 Å². The van der Waals surface area contributed by atoms with Crippen molar-refractivity contribution in [3.63, 3.8) is 0 Å². The van der Waals surface area contributed by atoms with E-state index in [0.29, 0.717) is 11.4 Å². The summed E-state index contributed by atoms with van der Waals surface area (Å²) >= 11 is 0. The number of aromatic nitrogens is 3. The van der Waals surface area contributed by atoms with E-state index in [2.05, 4.69) is 10.3 Å². The highest BCUT2D eigenvalue weighted by molar-refractivity contribution is 5.45. The van der Waals surface area contributed by atoms with Crippen molar-refractivity contribution in [3.8, 4) is 11.4 Å². The number of benzene rings is 1. The quantitative estimate of drug-likeness (QED) is 0.804. The van der Waals surface area contributed by atoms with E-state index in [1.807, 2.05) is 0 Å². The molecule has 84 valence electrons. The smallest absolute Gasteiger partial charge is 0.283 e. The zero-order valence-electron chi connectivity index (χ0n) is 8.47. The van der Waals surface area contributed by atoms with Crippen LogP contribution in [0, 0.1) is 0 Å². The molecule has 0 N–H and O–H groups in total. The van der Waals surface area contributed by atoms with Gasteiger partial charge in [-0.25, -0.2) is 13.5 Å². The molecule has 4 nitrogen and oxygen atoms in total. The van der Waals surface area contributed by atoms with Crippen LogP contribution in [-0.2, 0) is 0 Å². The highest BCUT2D eigenvalue weighted by Crippen LogP contribution is 2.23. The van der Waals surface area contributed by atoms with Crippen LogP contribution in [0.15, 0.2) is 30.5 Å². The van der Waals surface area contributed by atoms with Crippen LogP contribution in [0.1, 0.15) is 12.1 Å². The number of para-hydroxylation sites is 2. The minimum atomic E-state index is -2.62. The summed E-state index contributed by atoms with van der Waals surface area (Å²) in [6.07, 6.45) is -1.44. The molecule has 2 aromatic rings. The number of methoxy groups -OCH3 is 1. The van der Waals surface area contributed by atoms with Crippen LogP contribution in [-0.4, -0.2) is 22.1 Å². The fourth-order valence-electron chi connectivity index (χ4n) is 1.31. The number of nitrogens with zero attached hydrogens (tertiary/aromatic N) is 3. The lowest BCUT2D eigenvalue weighted by atomic mass is 10.3. The molecule has 16 heavy (non-hydrogen) atoms. The number of hydrogen-bond acceptors (Lipinski definition) is 3. The van der Waals surface area contributed by atoms with Crippen LogP contribution >= 0.6 is 0 Å². The Labute approximate surface area is 90.5 Å². The van der Waals surface area contributed by atoms with E-state index in [1.54, 1.807) is 24.3 Å². The van der Waals surface area contributed by atoms with Gasteiger partial charge in [-0.1, -0.05) is 17.3 Å². The van der Waals surface area contributed by atoms with Crippen molar-refractivity contribution in [3.05, 3.63) is 36.2 Å². The predicted octanol–water partition coefficient (Wildman–Crippen LogP) is 2.21. The summed E-state index contributed by atoms with van der Waals surface area (Å²) in [4.78, 5) is 0. The Bertz CT molecular complexity index is 484. The third-order valence-corrected chi connectivity index (χ3v) is 2.07. The second-order valence-electron chi connectivity index (χ2n) is 3.06. The molecule has 0 atom stereocenters. The Balaban J connectivity index is 2.42. The average molecular weight is 225 g/mol. The SMILES string of the molecule is COc1ccccc1-n1cc(C(F)F)nn1. The molecule has 1 aromatic carbocycles. The summed E-state index contributed by atoms with van der Waals surface area (Å²) in [5.74, 6) is 0.549. The molecule has 6 heteroatoms. The number of ether oxygens (including phenoxy) is 1. The van der Waals surface area contributed by atoms with Crippen molar-refractivity contribution in [2.45, 2.75) is 6.43 Å². The highest BCUT2D eigenvalue weighted by atomic mass is 19.3. The molecule has 0 fully saturated rings. The molecule has 0 spiro atoms. The number of halogens is 2. The second kappa shape index (κ2) is 4.26. The Hall–Kier alpha value is -1.98. The van der Waals surface area contributed by atoms with E-state index in [4.69, 9.17) is 4.74 Å². The normalized spacial score (nSPS) is 10.8. The minimum absolute atomic E-state index is 0.356. The minimum Gasteiger partial charge on any atom is -0.494 e. The van der Waals surface area contributed by atoms with E-state index in [9.17, 15) is 8.78 Å². The van der Waals surface area contributed by atoms with Gasteiger partial charge in [-0.3, -0.25) is 0 Å². The van der Waals surface area contributed by atoms with Crippen molar-refractivity contribution < 1.29 is 13.5 Å². The summed E-state index contributed by atoms with van der Waals surface area (Å²) in [6.45, 7) is 0. The van der Waals surface area contributed by atoms with Crippen molar-refractivity contribution in [2.75, 3.05) is 7.11 Å². The van der Waals surface area contributed by atoms with E-state index in [-0.39, 0.29) is 5.69 Å². The van der Waals surface area contributed by atoms with Crippen LogP contribution in [0.2, 0.25) is 0 Å². The zero-order valence-corrected chi connectivity index (χ0v) is 8.47. The largest absolute Gasteiger partial charge is 0.494 e. The van der Waals surface area contributed by atoms with Crippen molar-refractivity contribution in [1.82, 2.24) is 15.0 Å². The average Bonchev–Trinajstić information content (AvgIpc) is 2.78. The van der Waals surface area contributed by atoms with Gasteiger partial charge in [0.1, 0.15) is 17.1 Å². The van der Waals surface area contributed by atoms with Gasteiger partial charge < -0.3 is 4.74 Å². The second-order valence-corrected chi connectivity index (χ2v) is 3.06. The molecule has 2 rings (SSSR count). The van der Waals surface area contributed by atoms with E-state index < -0.39 is 6.43 Å². The Morgan fingerprint density at radius 3 is 2.69 bits per heavy atom. The molecule has 1 heterocycles. The lowest BCUT2D eigenvalue weighted by molar-refractivity contribution is 0.146. The molecule has 0 unspecified atom stereocenters. The first-order valence-electron chi connectivity index (χ1n) is 4.56. The summed E-state index contributed by atoms with van der Waals surface area (Å²) in [6, 6.07) is 6.98. The number of rotatable bonds is 3. The lowest BCUT2D eigenvalue weighted by Gasteiger charge is -2.06. The van der Waals surface area contributed by atoms with E-state index >= 15 is 0 Å². The molecule has 0 bridgehead atoms. The summed E-state index contributed by atoms with van der Waals surface area (Å²) in [5.41, 5.74) is 0.218. The van der Waals surface area contributed by atoms with Gasteiger partial charge in [-0.15, -0.1) is 5.10 Å². The van der Waals surface area contributed by atoms with Crippen LogP contribution in [0.3, 0.4) is 0 Å². The van der Waals surface area contributed by atoms with Gasteiger partial charge in [0.15, 0.2) is 0 Å². The Morgan fingerprint density at radius 2 is 2.06 bits per heavy atom. The maximum absolute atomic E-state index is 12.3. The van der Waals surface area contributed by atoms with Gasteiger partial charge in [0.05, 0.1) is 13.3 Å². The summed E-state index contributed by atoms with van der Waals surface area (Å²) < 4.78 is 31.0. The fraction of sp³-hybridized carbons (Fsp3) is 0.200. The molecule has 0 saturated carbocycles. The molecular formula is C10H9F2N3O. The van der Waals surface area contributed by atoms with Gasteiger partial charge >= 0.3 is 0 Å².